The van der Waals surface area contributed by atoms with Crippen LogP contribution in [0.15, 0.2) is 22.7 Å². The van der Waals surface area contributed by atoms with Crippen molar-refractivity contribution in [3.8, 4) is 0 Å². The topological polar surface area (TPSA) is 43.4 Å². The Bertz CT molecular complexity index is 497. The van der Waals surface area contributed by atoms with Gasteiger partial charge in [-0.25, -0.2) is 0 Å². The van der Waals surface area contributed by atoms with Crippen molar-refractivity contribution in [1.82, 2.24) is 0 Å². The fourth-order valence-corrected chi connectivity index (χ4v) is 1.82. The van der Waals surface area contributed by atoms with E-state index in [9.17, 15) is 22.8 Å². The fraction of sp³-hybridized carbons (Fsp3) is 0.333. The maximum atomic E-state index is 12.5. The van der Waals surface area contributed by atoms with Crippen molar-refractivity contribution < 1.29 is 27.5 Å². The van der Waals surface area contributed by atoms with Crippen LogP contribution in [0.2, 0.25) is 0 Å². The van der Waals surface area contributed by atoms with Gasteiger partial charge >= 0.3 is 12.1 Å². The molecular weight excluding hydrogens is 329 g/mol. The van der Waals surface area contributed by atoms with Gasteiger partial charge in [-0.1, -0.05) is 15.9 Å². The monoisotopic (exact) mass is 338 g/mol. The highest BCUT2D eigenvalue weighted by Gasteiger charge is 2.31. The number of rotatable bonds is 4. The highest BCUT2D eigenvalue weighted by Crippen LogP contribution is 2.32. The molecule has 0 N–H and O–H groups in total. The van der Waals surface area contributed by atoms with Crippen LogP contribution in [0.25, 0.3) is 0 Å². The first kappa shape index (κ1) is 15.7. The van der Waals surface area contributed by atoms with E-state index in [1.54, 1.807) is 6.92 Å². The van der Waals surface area contributed by atoms with Gasteiger partial charge in [0.15, 0.2) is 5.78 Å². The van der Waals surface area contributed by atoms with Crippen LogP contribution in [0, 0.1) is 0 Å². The fourth-order valence-electron chi connectivity index (χ4n) is 1.35. The van der Waals surface area contributed by atoms with E-state index in [4.69, 9.17) is 0 Å². The molecule has 0 aliphatic heterocycles. The SMILES string of the molecule is CCOC(=O)CC(=O)c1cc(C(F)(F)F)ccc1Br. The molecule has 0 spiro atoms. The van der Waals surface area contributed by atoms with Gasteiger partial charge in [-0.05, 0) is 25.1 Å². The van der Waals surface area contributed by atoms with Crippen molar-refractivity contribution in [1.29, 1.82) is 0 Å². The summed E-state index contributed by atoms with van der Waals surface area (Å²) in [6.07, 6.45) is -5.13. The van der Waals surface area contributed by atoms with Gasteiger partial charge in [-0.3, -0.25) is 9.59 Å². The van der Waals surface area contributed by atoms with Crippen LogP contribution >= 0.6 is 15.9 Å². The Labute approximate surface area is 115 Å². The predicted molar refractivity (Wildman–Crippen MR) is 64.7 cm³/mol. The molecule has 0 unspecified atom stereocenters. The number of benzene rings is 1. The van der Waals surface area contributed by atoms with Gasteiger partial charge in [0.2, 0.25) is 0 Å². The van der Waals surface area contributed by atoms with E-state index in [1.165, 1.54) is 0 Å². The van der Waals surface area contributed by atoms with Crippen LogP contribution < -0.4 is 0 Å². The maximum absolute atomic E-state index is 12.5. The number of carbonyl (C=O) groups excluding carboxylic acids is 2. The number of hydrogen-bond donors (Lipinski definition) is 0. The van der Waals surface area contributed by atoms with Gasteiger partial charge in [-0.2, -0.15) is 13.2 Å². The second kappa shape index (κ2) is 6.18. The molecule has 1 aromatic rings. The Balaban J connectivity index is 2.99. The molecule has 0 aliphatic rings. The summed E-state index contributed by atoms with van der Waals surface area (Å²) in [5.41, 5.74) is -1.13. The molecule has 0 heterocycles. The van der Waals surface area contributed by atoms with Gasteiger partial charge in [-0.15, -0.1) is 0 Å². The number of Topliss-reactive ketones (excluding diaryl/α,β-unsaturated/α-hetero) is 1. The summed E-state index contributed by atoms with van der Waals surface area (Å²) in [5.74, 6) is -1.49. The zero-order valence-electron chi connectivity index (χ0n) is 9.88. The lowest BCUT2D eigenvalue weighted by Crippen LogP contribution is -2.13. The molecule has 0 amide bonds. The largest absolute Gasteiger partial charge is 0.466 e. The van der Waals surface area contributed by atoms with Gasteiger partial charge in [0.05, 0.1) is 12.2 Å². The third kappa shape index (κ3) is 4.34. The van der Waals surface area contributed by atoms with Crippen molar-refractivity contribution in [2.45, 2.75) is 19.5 Å². The Morgan fingerprint density at radius 2 is 1.95 bits per heavy atom. The van der Waals surface area contributed by atoms with E-state index in [1.807, 2.05) is 0 Å². The lowest BCUT2D eigenvalue weighted by molar-refractivity contribution is -0.142. The molecule has 0 saturated carbocycles. The first-order valence-corrected chi connectivity index (χ1v) is 6.10. The van der Waals surface area contributed by atoms with Crippen LogP contribution in [-0.4, -0.2) is 18.4 Å². The number of hydrogen-bond acceptors (Lipinski definition) is 3. The number of alkyl halides is 3. The molecular formula is C12H10BrF3O3. The van der Waals surface area contributed by atoms with Gasteiger partial charge in [0.25, 0.3) is 0 Å². The second-order valence-corrected chi connectivity index (χ2v) is 4.45. The van der Waals surface area contributed by atoms with E-state index in [0.717, 1.165) is 12.1 Å². The molecule has 1 rings (SSSR count). The Kier molecular flexibility index (Phi) is 5.11. The molecule has 104 valence electrons. The molecule has 0 radical (unpaired) electrons. The van der Waals surface area contributed by atoms with E-state index in [2.05, 4.69) is 20.7 Å². The quantitative estimate of drug-likeness (QED) is 0.478. The molecule has 0 fully saturated rings. The second-order valence-electron chi connectivity index (χ2n) is 3.60. The number of halogens is 4. The normalized spacial score (nSPS) is 11.2. The summed E-state index contributed by atoms with van der Waals surface area (Å²) in [7, 11) is 0. The smallest absolute Gasteiger partial charge is 0.416 e. The number of esters is 1. The van der Waals surface area contributed by atoms with Gasteiger partial charge < -0.3 is 4.74 Å². The van der Waals surface area contributed by atoms with E-state index >= 15 is 0 Å². The molecule has 0 aromatic heterocycles. The Morgan fingerprint density at radius 3 is 2.47 bits per heavy atom. The van der Waals surface area contributed by atoms with Crippen molar-refractivity contribution in [3.63, 3.8) is 0 Å². The molecule has 0 bridgehead atoms. The van der Waals surface area contributed by atoms with Crippen molar-refractivity contribution in [3.05, 3.63) is 33.8 Å². The number of carbonyl (C=O) groups is 2. The van der Waals surface area contributed by atoms with Gasteiger partial charge in [0.1, 0.15) is 6.42 Å². The van der Waals surface area contributed by atoms with Crippen LogP contribution in [0.4, 0.5) is 13.2 Å². The first-order chi connectivity index (χ1) is 8.75. The molecule has 1 aromatic carbocycles. The van der Waals surface area contributed by atoms with E-state index < -0.39 is 29.9 Å². The summed E-state index contributed by atoms with van der Waals surface area (Å²) in [4.78, 5) is 22.9. The Morgan fingerprint density at radius 1 is 1.32 bits per heavy atom. The summed E-state index contributed by atoms with van der Waals surface area (Å²) < 4.78 is 42.4. The zero-order chi connectivity index (χ0) is 14.6. The van der Waals surface area contributed by atoms with Gasteiger partial charge in [0, 0.05) is 10.0 Å². The van der Waals surface area contributed by atoms with Crippen LogP contribution in [0.5, 0.6) is 0 Å². The third-order valence-electron chi connectivity index (χ3n) is 2.20. The minimum absolute atomic E-state index is 0.107. The summed E-state index contributed by atoms with van der Waals surface area (Å²) in [5, 5.41) is 0. The molecule has 0 saturated heterocycles. The van der Waals surface area contributed by atoms with Crippen molar-refractivity contribution in [2.75, 3.05) is 6.61 Å². The van der Waals surface area contributed by atoms with E-state index in [0.29, 0.717) is 6.07 Å². The summed E-state index contributed by atoms with van der Waals surface area (Å²) in [6.45, 7) is 1.68. The summed E-state index contributed by atoms with van der Waals surface area (Å²) in [6, 6.07) is 2.69. The van der Waals surface area contributed by atoms with Crippen LogP contribution in [0.3, 0.4) is 0 Å². The molecule has 0 aliphatic carbocycles. The third-order valence-corrected chi connectivity index (χ3v) is 2.90. The number of ether oxygens (including phenoxy) is 1. The lowest BCUT2D eigenvalue weighted by atomic mass is 10.0. The molecule has 19 heavy (non-hydrogen) atoms. The van der Waals surface area contributed by atoms with E-state index in [-0.39, 0.29) is 16.6 Å². The minimum Gasteiger partial charge on any atom is -0.466 e. The maximum Gasteiger partial charge on any atom is 0.416 e. The molecule has 3 nitrogen and oxygen atoms in total. The van der Waals surface area contributed by atoms with Crippen LogP contribution in [-0.2, 0) is 15.7 Å². The first-order valence-electron chi connectivity index (χ1n) is 5.31. The minimum atomic E-state index is -4.54. The lowest BCUT2D eigenvalue weighted by Gasteiger charge is -2.09. The highest BCUT2D eigenvalue weighted by atomic mass is 79.9. The van der Waals surface area contributed by atoms with Crippen molar-refractivity contribution in [2.24, 2.45) is 0 Å². The predicted octanol–water partition coefficient (Wildman–Crippen LogP) is 3.60. The number of ketones is 1. The molecule has 7 heteroatoms. The standard InChI is InChI=1S/C12H10BrF3O3/c1-2-19-11(18)6-10(17)8-5-7(12(14,15)16)3-4-9(8)13/h3-5H,2,6H2,1H3. The Hall–Kier alpha value is -1.37. The zero-order valence-corrected chi connectivity index (χ0v) is 11.5. The molecule has 0 atom stereocenters. The highest BCUT2D eigenvalue weighted by molar-refractivity contribution is 9.10. The summed E-state index contributed by atoms with van der Waals surface area (Å²) >= 11 is 2.99. The average Bonchev–Trinajstić information content (AvgIpc) is 2.27. The van der Waals surface area contributed by atoms with Crippen LogP contribution in [0.1, 0.15) is 29.3 Å². The average molecular weight is 339 g/mol. The van der Waals surface area contributed by atoms with Crippen molar-refractivity contribution >= 4 is 27.7 Å².